The summed E-state index contributed by atoms with van der Waals surface area (Å²) in [5, 5.41) is 8.46. The number of allylic oxidation sites excluding steroid dienone is 6. The molecule has 6 nitrogen and oxygen atoms in total. The summed E-state index contributed by atoms with van der Waals surface area (Å²) in [6, 6.07) is 42.9. The van der Waals surface area contributed by atoms with Crippen molar-refractivity contribution in [1.29, 1.82) is 0 Å². The Hall–Kier alpha value is -6.40. The maximum atomic E-state index is 5.94. The van der Waals surface area contributed by atoms with E-state index in [0.717, 1.165) is 56.3 Å². The van der Waals surface area contributed by atoms with Crippen LogP contribution in [0.25, 0.3) is 34.3 Å². The third-order valence-corrected chi connectivity index (χ3v) is 7.88. The molecular formula is C41H31N5O. The molecule has 0 unspecified atom stereocenters. The van der Waals surface area contributed by atoms with Gasteiger partial charge in [-0.1, -0.05) is 91.5 Å². The van der Waals surface area contributed by atoms with E-state index < -0.39 is 0 Å². The van der Waals surface area contributed by atoms with Crippen molar-refractivity contribution in [2.45, 2.75) is 6.92 Å². The molecule has 0 N–H and O–H groups in total. The molecule has 6 aromatic rings. The zero-order valence-corrected chi connectivity index (χ0v) is 25.9. The minimum Gasteiger partial charge on any atom is -0.415 e. The van der Waals surface area contributed by atoms with Gasteiger partial charge in [-0.15, -0.1) is 10.2 Å². The fourth-order valence-corrected chi connectivity index (χ4v) is 5.41. The van der Waals surface area contributed by atoms with E-state index >= 15 is 0 Å². The number of rotatable bonds is 8. The number of aromatic nitrogens is 3. The first-order valence-corrected chi connectivity index (χ1v) is 15.3. The normalized spacial score (nSPS) is 13.9. The third-order valence-electron chi connectivity index (χ3n) is 7.88. The fourth-order valence-electron chi connectivity index (χ4n) is 5.41. The van der Waals surface area contributed by atoms with Crippen LogP contribution in [-0.4, -0.2) is 20.9 Å². The van der Waals surface area contributed by atoms with E-state index in [1.54, 1.807) is 6.20 Å². The van der Waals surface area contributed by atoms with E-state index in [9.17, 15) is 0 Å². The Kier molecular flexibility index (Phi) is 8.30. The summed E-state index contributed by atoms with van der Waals surface area (Å²) in [7, 11) is 0. The van der Waals surface area contributed by atoms with Gasteiger partial charge in [-0.2, -0.15) is 0 Å². The molecule has 226 valence electrons. The topological polar surface area (TPSA) is 67.4 Å². The van der Waals surface area contributed by atoms with E-state index in [1.165, 1.54) is 0 Å². The van der Waals surface area contributed by atoms with Crippen LogP contribution in [0.1, 0.15) is 18.1 Å². The highest BCUT2D eigenvalue weighted by Crippen LogP contribution is 2.37. The molecule has 0 saturated heterocycles. The molecule has 0 atom stereocenters. The van der Waals surface area contributed by atoms with Crippen molar-refractivity contribution >= 4 is 34.0 Å². The largest absolute Gasteiger partial charge is 0.415 e. The van der Waals surface area contributed by atoms with Gasteiger partial charge in [0.25, 0.3) is 5.89 Å². The summed E-state index contributed by atoms with van der Waals surface area (Å²) < 4.78 is 5.94. The van der Waals surface area contributed by atoms with Gasteiger partial charge in [-0.3, -0.25) is 4.98 Å². The number of aliphatic imine (C=N–C) groups is 1. The van der Waals surface area contributed by atoms with Crippen molar-refractivity contribution < 1.29 is 4.42 Å². The lowest BCUT2D eigenvalue weighted by Crippen LogP contribution is -2.09. The molecule has 4 aromatic carbocycles. The lowest BCUT2D eigenvalue weighted by atomic mass is 9.99. The number of pyridine rings is 1. The van der Waals surface area contributed by atoms with Gasteiger partial charge in [0.05, 0.1) is 11.4 Å². The number of hydrogen-bond donors (Lipinski definition) is 0. The summed E-state index contributed by atoms with van der Waals surface area (Å²) >= 11 is 0. The van der Waals surface area contributed by atoms with Crippen molar-refractivity contribution in [2.75, 3.05) is 4.90 Å². The molecule has 7 rings (SSSR count). The molecule has 2 heterocycles. The second-order valence-corrected chi connectivity index (χ2v) is 11.0. The molecular weight excluding hydrogens is 578 g/mol. The first-order chi connectivity index (χ1) is 23.1. The van der Waals surface area contributed by atoms with Crippen LogP contribution in [0.2, 0.25) is 0 Å². The molecule has 0 fully saturated rings. The number of nitrogens with zero attached hydrogens (tertiary/aromatic N) is 5. The lowest BCUT2D eigenvalue weighted by molar-refractivity contribution is 0.582. The lowest BCUT2D eigenvalue weighted by Gasteiger charge is -2.26. The molecule has 1 aliphatic rings. The minimum absolute atomic E-state index is 0.388. The van der Waals surface area contributed by atoms with Crippen molar-refractivity contribution in [1.82, 2.24) is 15.2 Å². The van der Waals surface area contributed by atoms with Gasteiger partial charge in [0.15, 0.2) is 0 Å². The Morgan fingerprint density at radius 2 is 1.26 bits per heavy atom. The Bertz CT molecular complexity index is 2130. The van der Waals surface area contributed by atoms with Crippen LogP contribution in [0.15, 0.2) is 179 Å². The van der Waals surface area contributed by atoms with Crippen molar-refractivity contribution in [3.63, 3.8) is 0 Å². The third kappa shape index (κ3) is 6.39. The Balaban J connectivity index is 1.23. The van der Waals surface area contributed by atoms with E-state index in [-0.39, 0.29) is 0 Å². The van der Waals surface area contributed by atoms with Crippen molar-refractivity contribution in [3.8, 4) is 23.0 Å². The highest BCUT2D eigenvalue weighted by Gasteiger charge is 2.16. The average Bonchev–Trinajstić information content (AvgIpc) is 3.64. The van der Waals surface area contributed by atoms with Gasteiger partial charge in [-0.05, 0) is 90.4 Å². The van der Waals surface area contributed by atoms with E-state index in [4.69, 9.17) is 9.41 Å². The van der Waals surface area contributed by atoms with Crippen LogP contribution in [-0.2, 0) is 0 Å². The second-order valence-electron chi connectivity index (χ2n) is 11.0. The van der Waals surface area contributed by atoms with Gasteiger partial charge < -0.3 is 9.32 Å². The van der Waals surface area contributed by atoms with Crippen LogP contribution >= 0.6 is 0 Å². The van der Waals surface area contributed by atoms with Crippen LogP contribution in [0.5, 0.6) is 0 Å². The molecule has 2 aromatic heterocycles. The maximum Gasteiger partial charge on any atom is 0.266 e. The SMILES string of the molecule is C=C1C=CC=CC1=N/C(=C(\C)c1ccc(N(c2ccccc2)c2ccc(-c3nnc(-c4ccccn4)o3)cc2)cc1)c1ccccc1. The summed E-state index contributed by atoms with van der Waals surface area (Å²) in [6.45, 7) is 6.31. The van der Waals surface area contributed by atoms with E-state index in [1.807, 2.05) is 91.0 Å². The second kappa shape index (κ2) is 13.3. The summed E-state index contributed by atoms with van der Waals surface area (Å²) in [4.78, 5) is 11.6. The summed E-state index contributed by atoms with van der Waals surface area (Å²) in [5.41, 5.74) is 10.4. The number of hydrogen-bond acceptors (Lipinski definition) is 6. The van der Waals surface area contributed by atoms with Crippen molar-refractivity contribution in [2.24, 2.45) is 4.99 Å². The van der Waals surface area contributed by atoms with Crippen molar-refractivity contribution in [3.05, 3.63) is 181 Å². The average molecular weight is 610 g/mol. The predicted octanol–water partition coefficient (Wildman–Crippen LogP) is 10.3. The van der Waals surface area contributed by atoms with Gasteiger partial charge in [0.2, 0.25) is 5.89 Å². The van der Waals surface area contributed by atoms with E-state index in [0.29, 0.717) is 17.5 Å². The smallest absolute Gasteiger partial charge is 0.266 e. The standard InChI is InChI=1S/C41H31N5O/c1-29-13-9-10-18-37(29)43-39(32-14-5-3-6-15-32)30(2)31-20-24-35(25-21-31)46(34-16-7-4-8-17-34)36-26-22-33(23-27-36)40-44-45-41(47-40)38-19-11-12-28-42-38/h3-28H,1H2,2H3/b39-30+,43-37?. The number of anilines is 3. The molecule has 6 heteroatoms. The molecule has 0 radical (unpaired) electrons. The zero-order valence-electron chi connectivity index (χ0n) is 25.9. The molecule has 1 aliphatic carbocycles. The Morgan fingerprint density at radius 3 is 1.94 bits per heavy atom. The predicted molar refractivity (Wildman–Crippen MR) is 191 cm³/mol. The van der Waals surface area contributed by atoms with E-state index in [2.05, 4.69) is 94.2 Å². The first kappa shape index (κ1) is 29.3. The minimum atomic E-state index is 0.388. The molecule has 47 heavy (non-hydrogen) atoms. The highest BCUT2D eigenvalue weighted by molar-refractivity contribution is 6.14. The van der Waals surface area contributed by atoms with Gasteiger partial charge in [-0.25, -0.2) is 4.99 Å². The Labute approximate surface area is 274 Å². The van der Waals surface area contributed by atoms with Crippen LogP contribution in [0.4, 0.5) is 17.1 Å². The number of benzene rings is 4. The van der Waals surface area contributed by atoms with Gasteiger partial charge in [0.1, 0.15) is 5.69 Å². The molecule has 0 amide bonds. The highest BCUT2D eigenvalue weighted by atomic mass is 16.4. The zero-order chi connectivity index (χ0) is 32.0. The van der Waals surface area contributed by atoms with Crippen LogP contribution in [0, 0.1) is 0 Å². The number of para-hydroxylation sites is 1. The van der Waals surface area contributed by atoms with Gasteiger partial charge >= 0.3 is 0 Å². The monoisotopic (exact) mass is 609 g/mol. The summed E-state index contributed by atoms with van der Waals surface area (Å²) in [6.07, 6.45) is 9.67. The maximum absolute atomic E-state index is 5.94. The quantitative estimate of drug-likeness (QED) is 0.161. The Morgan fingerprint density at radius 1 is 0.638 bits per heavy atom. The molecule has 0 saturated carbocycles. The van der Waals surface area contributed by atoms with Crippen LogP contribution < -0.4 is 4.90 Å². The molecule has 0 bridgehead atoms. The first-order valence-electron chi connectivity index (χ1n) is 15.3. The fraction of sp³-hybridized carbons (Fsp3) is 0.0244. The summed E-state index contributed by atoms with van der Waals surface area (Å²) in [5.74, 6) is 0.829. The van der Waals surface area contributed by atoms with Crippen LogP contribution in [0.3, 0.4) is 0 Å². The molecule has 0 aliphatic heterocycles. The van der Waals surface area contributed by atoms with Gasteiger partial charge in [0, 0.05) is 34.4 Å². The molecule has 0 spiro atoms.